The minimum absolute atomic E-state index is 0.310. The summed E-state index contributed by atoms with van der Waals surface area (Å²) in [6.07, 6.45) is 2.01. The summed E-state index contributed by atoms with van der Waals surface area (Å²) >= 11 is 0. The summed E-state index contributed by atoms with van der Waals surface area (Å²) < 4.78 is 31.3. The van der Waals surface area contributed by atoms with Crippen LogP contribution in [0.3, 0.4) is 0 Å². The summed E-state index contributed by atoms with van der Waals surface area (Å²) in [6, 6.07) is 3.56. The second kappa shape index (κ2) is 7.12. The maximum Gasteiger partial charge on any atom is 0.129 e. The van der Waals surface area contributed by atoms with Crippen LogP contribution >= 0.6 is 0 Å². The fourth-order valence-electron chi connectivity index (χ4n) is 1.83. The summed E-state index contributed by atoms with van der Waals surface area (Å²) in [6.45, 7) is 2.03. The van der Waals surface area contributed by atoms with Crippen molar-refractivity contribution in [3.8, 4) is 0 Å². The van der Waals surface area contributed by atoms with E-state index in [1.807, 2.05) is 0 Å². The van der Waals surface area contributed by atoms with Gasteiger partial charge in [0.2, 0.25) is 0 Å². The van der Waals surface area contributed by atoms with Crippen molar-refractivity contribution in [1.29, 1.82) is 0 Å². The van der Waals surface area contributed by atoms with Gasteiger partial charge in [-0.1, -0.05) is 6.07 Å². The van der Waals surface area contributed by atoms with E-state index in [9.17, 15) is 8.78 Å². The number of H-pyrrole nitrogens is 1. The number of hydrogen-bond donors (Lipinski definition) is 2. The molecule has 2 N–H and O–H groups in total. The van der Waals surface area contributed by atoms with Gasteiger partial charge in [0.05, 0.1) is 6.61 Å². The number of benzene rings is 1. The van der Waals surface area contributed by atoms with Gasteiger partial charge in [-0.15, -0.1) is 0 Å². The molecule has 20 heavy (non-hydrogen) atoms. The molecule has 1 aromatic heterocycles. The zero-order valence-corrected chi connectivity index (χ0v) is 11.2. The smallest absolute Gasteiger partial charge is 0.129 e. The lowest BCUT2D eigenvalue weighted by molar-refractivity contribution is 0.199. The van der Waals surface area contributed by atoms with Crippen molar-refractivity contribution in [2.45, 2.75) is 13.0 Å². The highest BCUT2D eigenvalue weighted by Crippen LogP contribution is 2.13. The number of imidazole rings is 1. The number of aromatic nitrogens is 2. The van der Waals surface area contributed by atoms with E-state index in [4.69, 9.17) is 4.74 Å². The van der Waals surface area contributed by atoms with Crippen molar-refractivity contribution in [2.75, 3.05) is 20.3 Å². The molecule has 0 radical (unpaired) electrons. The van der Waals surface area contributed by atoms with E-state index in [1.54, 1.807) is 13.3 Å². The molecule has 108 valence electrons. The lowest BCUT2D eigenvalue weighted by Crippen LogP contribution is -2.18. The van der Waals surface area contributed by atoms with Gasteiger partial charge in [-0.3, -0.25) is 0 Å². The van der Waals surface area contributed by atoms with Gasteiger partial charge in [-0.05, 0) is 11.6 Å². The average Bonchev–Trinajstić information content (AvgIpc) is 2.86. The average molecular weight is 281 g/mol. The van der Waals surface area contributed by atoms with Crippen LogP contribution in [0.4, 0.5) is 8.78 Å². The number of hydrogen-bond acceptors (Lipinski definition) is 3. The third-order valence-electron chi connectivity index (χ3n) is 2.85. The molecule has 0 amide bonds. The number of halogens is 2. The molecule has 0 fully saturated rings. The van der Waals surface area contributed by atoms with Gasteiger partial charge in [0.25, 0.3) is 0 Å². The molecule has 0 saturated heterocycles. The summed E-state index contributed by atoms with van der Waals surface area (Å²) in [5.74, 6) is -0.478. The minimum Gasteiger partial charge on any atom is -0.383 e. The van der Waals surface area contributed by atoms with Crippen LogP contribution < -0.4 is 5.32 Å². The Morgan fingerprint density at radius 1 is 1.35 bits per heavy atom. The van der Waals surface area contributed by atoms with Crippen LogP contribution in [0.2, 0.25) is 0 Å². The van der Waals surface area contributed by atoms with Crippen molar-refractivity contribution in [3.05, 3.63) is 53.1 Å². The molecule has 6 heteroatoms. The zero-order chi connectivity index (χ0) is 14.4. The van der Waals surface area contributed by atoms with E-state index in [0.29, 0.717) is 31.0 Å². The molecule has 0 unspecified atom stereocenters. The first-order chi connectivity index (χ1) is 9.69. The Morgan fingerprint density at radius 2 is 2.20 bits per heavy atom. The van der Waals surface area contributed by atoms with E-state index >= 15 is 0 Å². The normalized spacial score (nSPS) is 10.9. The standard InChI is InChI=1S/C14H17F2N3O/c1-20-5-4-17-8-12-9-18-14(19-12)6-10-2-3-11(15)7-13(10)16/h2-3,7,9,17H,4-6,8H2,1H3,(H,18,19). The topological polar surface area (TPSA) is 49.9 Å². The Bertz CT molecular complexity index is 557. The van der Waals surface area contributed by atoms with E-state index < -0.39 is 11.6 Å². The van der Waals surface area contributed by atoms with Gasteiger partial charge >= 0.3 is 0 Å². The number of nitrogens with zero attached hydrogens (tertiary/aromatic N) is 1. The maximum absolute atomic E-state index is 13.5. The van der Waals surface area contributed by atoms with E-state index in [1.165, 1.54) is 12.1 Å². The summed E-state index contributed by atoms with van der Waals surface area (Å²) in [5, 5.41) is 3.18. The Morgan fingerprint density at radius 3 is 2.95 bits per heavy atom. The highest BCUT2D eigenvalue weighted by Gasteiger charge is 2.07. The van der Waals surface area contributed by atoms with Crippen LogP contribution in [0.5, 0.6) is 0 Å². The third-order valence-corrected chi connectivity index (χ3v) is 2.85. The van der Waals surface area contributed by atoms with Gasteiger partial charge in [-0.25, -0.2) is 13.8 Å². The molecule has 1 heterocycles. The molecule has 0 aliphatic heterocycles. The third kappa shape index (κ3) is 4.11. The molecular formula is C14H17F2N3O. The van der Waals surface area contributed by atoms with Crippen molar-refractivity contribution < 1.29 is 13.5 Å². The first-order valence-corrected chi connectivity index (χ1v) is 6.35. The van der Waals surface area contributed by atoms with Gasteiger partial charge in [0, 0.05) is 44.6 Å². The Labute approximate surface area is 116 Å². The van der Waals surface area contributed by atoms with Crippen LogP contribution in [0.1, 0.15) is 17.1 Å². The predicted molar refractivity (Wildman–Crippen MR) is 71.3 cm³/mol. The molecule has 2 rings (SSSR count). The van der Waals surface area contributed by atoms with Crippen LogP contribution in [-0.2, 0) is 17.7 Å². The quantitative estimate of drug-likeness (QED) is 0.763. The molecule has 0 atom stereocenters. The highest BCUT2D eigenvalue weighted by atomic mass is 19.1. The van der Waals surface area contributed by atoms with Gasteiger partial charge in [0.1, 0.15) is 17.5 Å². The molecule has 1 aromatic carbocycles. The Balaban J connectivity index is 1.92. The first kappa shape index (κ1) is 14.6. The number of methoxy groups -OCH3 is 1. The number of rotatable bonds is 7. The maximum atomic E-state index is 13.5. The summed E-state index contributed by atoms with van der Waals surface area (Å²) in [5.41, 5.74) is 1.33. The first-order valence-electron chi connectivity index (χ1n) is 6.35. The Hall–Kier alpha value is -1.79. The summed E-state index contributed by atoms with van der Waals surface area (Å²) in [7, 11) is 1.65. The zero-order valence-electron chi connectivity index (χ0n) is 11.2. The van der Waals surface area contributed by atoms with Crippen molar-refractivity contribution >= 4 is 0 Å². The molecule has 0 aliphatic rings. The van der Waals surface area contributed by atoms with Gasteiger partial charge in [-0.2, -0.15) is 0 Å². The predicted octanol–water partition coefficient (Wildman–Crippen LogP) is 2.01. The van der Waals surface area contributed by atoms with Crippen molar-refractivity contribution in [3.63, 3.8) is 0 Å². The number of ether oxygens (including phenoxy) is 1. The van der Waals surface area contributed by atoms with Crippen LogP contribution in [0, 0.1) is 11.6 Å². The molecule has 0 aliphatic carbocycles. The molecule has 0 spiro atoms. The van der Waals surface area contributed by atoms with Crippen LogP contribution in [0.25, 0.3) is 0 Å². The fourth-order valence-corrected chi connectivity index (χ4v) is 1.83. The SMILES string of the molecule is COCCNCc1cnc(Cc2ccc(F)cc2F)[nH]1. The second-order valence-corrected chi connectivity index (χ2v) is 4.44. The minimum atomic E-state index is -0.575. The number of aromatic amines is 1. The van der Waals surface area contributed by atoms with E-state index in [-0.39, 0.29) is 0 Å². The highest BCUT2D eigenvalue weighted by molar-refractivity contribution is 5.22. The monoisotopic (exact) mass is 281 g/mol. The summed E-state index contributed by atoms with van der Waals surface area (Å²) in [4.78, 5) is 7.29. The van der Waals surface area contributed by atoms with Crippen LogP contribution in [-0.4, -0.2) is 30.2 Å². The van der Waals surface area contributed by atoms with Gasteiger partial charge < -0.3 is 15.0 Å². The van der Waals surface area contributed by atoms with Gasteiger partial charge in [0.15, 0.2) is 0 Å². The van der Waals surface area contributed by atoms with Crippen molar-refractivity contribution in [1.82, 2.24) is 15.3 Å². The molecule has 0 saturated carbocycles. The molecule has 0 bridgehead atoms. The molecular weight excluding hydrogens is 264 g/mol. The van der Waals surface area contributed by atoms with Crippen molar-refractivity contribution in [2.24, 2.45) is 0 Å². The van der Waals surface area contributed by atoms with E-state index in [2.05, 4.69) is 15.3 Å². The lowest BCUT2D eigenvalue weighted by Gasteiger charge is -2.02. The largest absolute Gasteiger partial charge is 0.383 e. The molecule has 2 aromatic rings. The fraction of sp³-hybridized carbons (Fsp3) is 0.357. The molecule has 4 nitrogen and oxygen atoms in total. The Kier molecular flexibility index (Phi) is 5.20. The second-order valence-electron chi connectivity index (χ2n) is 4.44. The van der Waals surface area contributed by atoms with Crippen LogP contribution in [0.15, 0.2) is 24.4 Å². The lowest BCUT2D eigenvalue weighted by atomic mass is 10.1. The number of nitrogens with one attached hydrogen (secondary N) is 2. The van der Waals surface area contributed by atoms with E-state index in [0.717, 1.165) is 18.3 Å².